The smallest absolute Gasteiger partial charge is 0.413 e. The van der Waals surface area contributed by atoms with Crippen LogP contribution in [0.3, 0.4) is 0 Å². The van der Waals surface area contributed by atoms with Crippen LogP contribution in [-0.4, -0.2) is 60.6 Å². The highest BCUT2D eigenvalue weighted by atomic mass is 16.8. The fourth-order valence-electron chi connectivity index (χ4n) is 7.83. The van der Waals surface area contributed by atoms with Gasteiger partial charge in [0.05, 0.1) is 33.0 Å². The number of carbonyl (C=O) groups is 1. The van der Waals surface area contributed by atoms with E-state index in [1.807, 2.05) is 17.0 Å². The molecule has 0 aromatic heterocycles. The summed E-state index contributed by atoms with van der Waals surface area (Å²) in [6, 6.07) is 3.92. The second kappa shape index (κ2) is 7.02. The monoisotopic (exact) mass is 471 g/mol. The number of hydrogen-bond donors (Lipinski definition) is 0. The van der Waals surface area contributed by atoms with E-state index >= 15 is 0 Å². The predicted molar refractivity (Wildman–Crippen MR) is 120 cm³/mol. The lowest BCUT2D eigenvalue weighted by atomic mass is 9.74. The molecule has 8 nitrogen and oxygen atoms in total. The third kappa shape index (κ3) is 2.62. The Balaban J connectivity index is 1.27. The van der Waals surface area contributed by atoms with Crippen molar-refractivity contribution in [1.29, 1.82) is 0 Å². The molecule has 4 aliphatic heterocycles. The van der Waals surface area contributed by atoms with E-state index in [1.165, 1.54) is 6.42 Å². The zero-order chi connectivity index (χ0) is 23.3. The molecule has 1 amide bonds. The highest BCUT2D eigenvalue weighted by Gasteiger charge is 2.77. The second-order valence-corrected chi connectivity index (χ2v) is 11.0. The Morgan fingerprint density at radius 3 is 2.47 bits per heavy atom. The van der Waals surface area contributed by atoms with E-state index in [1.54, 1.807) is 14.2 Å². The number of carbonyl (C=O) groups excluding carboxylic acids is 1. The number of nitrogens with zero attached hydrogens (tertiary/aromatic N) is 1. The molecule has 5 fully saturated rings. The van der Waals surface area contributed by atoms with Gasteiger partial charge < -0.3 is 28.4 Å². The van der Waals surface area contributed by atoms with E-state index in [9.17, 15) is 4.79 Å². The van der Waals surface area contributed by atoms with Gasteiger partial charge in [0.2, 0.25) is 0 Å². The molecule has 1 aromatic rings. The van der Waals surface area contributed by atoms with Crippen LogP contribution in [0.15, 0.2) is 12.1 Å². The molecule has 2 bridgehead atoms. The van der Waals surface area contributed by atoms with Crippen LogP contribution in [0.25, 0.3) is 0 Å². The lowest BCUT2D eigenvalue weighted by Gasteiger charge is -2.41. The van der Waals surface area contributed by atoms with Gasteiger partial charge in [-0.15, -0.1) is 0 Å². The summed E-state index contributed by atoms with van der Waals surface area (Å²) in [5.41, 5.74) is 0.539. The third-order valence-corrected chi connectivity index (χ3v) is 9.19. The first kappa shape index (κ1) is 21.3. The Morgan fingerprint density at radius 1 is 0.971 bits per heavy atom. The largest absolute Gasteiger partial charge is 0.497 e. The first-order chi connectivity index (χ1) is 16.4. The van der Waals surface area contributed by atoms with Gasteiger partial charge in [0.25, 0.3) is 0 Å². The van der Waals surface area contributed by atoms with Gasteiger partial charge >= 0.3 is 6.09 Å². The average Bonchev–Trinajstić information content (AvgIpc) is 3.32. The molecule has 0 radical (unpaired) electrons. The Hall–Kier alpha value is -2.03. The molecule has 2 saturated carbocycles. The zero-order valence-electron chi connectivity index (χ0n) is 20.1. The van der Waals surface area contributed by atoms with Gasteiger partial charge in [-0.25, -0.2) is 4.79 Å². The lowest BCUT2D eigenvalue weighted by molar-refractivity contribution is -0.221. The second-order valence-electron chi connectivity index (χ2n) is 11.0. The summed E-state index contributed by atoms with van der Waals surface area (Å²) in [6.07, 6.45) is 6.57. The molecular formula is C26H33NO7. The molecule has 3 saturated heterocycles. The van der Waals surface area contributed by atoms with E-state index in [2.05, 4.69) is 6.92 Å². The van der Waals surface area contributed by atoms with Crippen LogP contribution in [0.2, 0.25) is 0 Å². The van der Waals surface area contributed by atoms with Crippen molar-refractivity contribution in [2.75, 3.05) is 14.2 Å². The maximum Gasteiger partial charge on any atom is 0.413 e. The van der Waals surface area contributed by atoms with Crippen LogP contribution in [0.1, 0.15) is 75.3 Å². The van der Waals surface area contributed by atoms with Crippen LogP contribution in [0.4, 0.5) is 4.79 Å². The van der Waals surface area contributed by atoms with Crippen LogP contribution >= 0.6 is 0 Å². The molecule has 3 spiro atoms. The fourth-order valence-corrected chi connectivity index (χ4v) is 7.83. The molecule has 7 rings (SSSR count). The molecule has 0 N–H and O–H groups in total. The predicted octanol–water partition coefficient (Wildman–Crippen LogP) is 4.24. The van der Waals surface area contributed by atoms with Crippen molar-refractivity contribution in [1.82, 2.24) is 4.90 Å². The number of fused-ring (bicyclic) bond motifs is 4. The molecule has 34 heavy (non-hydrogen) atoms. The lowest BCUT2D eigenvalue weighted by Crippen LogP contribution is -2.57. The van der Waals surface area contributed by atoms with Gasteiger partial charge in [0.15, 0.2) is 17.1 Å². The van der Waals surface area contributed by atoms with Gasteiger partial charge in [-0.2, -0.15) is 0 Å². The number of hydrogen-bond acceptors (Lipinski definition) is 7. The van der Waals surface area contributed by atoms with Gasteiger partial charge in [-0.1, -0.05) is 13.3 Å². The average molecular weight is 472 g/mol. The van der Waals surface area contributed by atoms with Crippen molar-refractivity contribution in [3.8, 4) is 11.5 Å². The van der Waals surface area contributed by atoms with E-state index in [0.29, 0.717) is 31.6 Å². The third-order valence-electron chi connectivity index (χ3n) is 9.19. The number of amides is 1. The summed E-state index contributed by atoms with van der Waals surface area (Å²) in [7, 11) is 3.32. The number of benzene rings is 1. The summed E-state index contributed by atoms with van der Waals surface area (Å²) in [5, 5.41) is 0. The molecular weight excluding hydrogens is 438 g/mol. The van der Waals surface area contributed by atoms with Gasteiger partial charge in [-0.3, -0.25) is 4.90 Å². The molecule has 184 valence electrons. The maximum absolute atomic E-state index is 13.4. The number of methoxy groups -OCH3 is 2. The Bertz CT molecular complexity index is 1040. The number of ether oxygens (including phenoxy) is 6. The minimum atomic E-state index is -0.845. The van der Waals surface area contributed by atoms with Crippen LogP contribution in [0, 0.1) is 0 Å². The highest BCUT2D eigenvalue weighted by Crippen LogP contribution is 2.63. The Kier molecular flexibility index (Phi) is 4.39. The van der Waals surface area contributed by atoms with Crippen molar-refractivity contribution in [2.24, 2.45) is 0 Å². The molecule has 1 aromatic carbocycles. The van der Waals surface area contributed by atoms with Crippen LogP contribution < -0.4 is 9.47 Å². The fraction of sp³-hybridized carbons (Fsp3) is 0.731. The van der Waals surface area contributed by atoms with Crippen LogP contribution in [0.5, 0.6) is 11.5 Å². The zero-order valence-corrected chi connectivity index (χ0v) is 20.1. The Morgan fingerprint density at radius 2 is 1.74 bits per heavy atom. The standard InChI is InChI=1S/C26H33NO7/c1-15-11-26-24(12-19-22(20(13-24)32-26)33-25(31-19)7-5-4-6-8-25)34-23(28)27(26)14-16-9-17(29-2)10-18(30-3)21(15)16/h9-10,15,19-20,22H,4-8,11-14H2,1-3H3/t15-,19-,20-,22-,24+,26?/m1/s1. The first-order valence-corrected chi connectivity index (χ1v) is 12.7. The molecule has 8 heteroatoms. The summed E-state index contributed by atoms with van der Waals surface area (Å²) in [5.74, 6) is 1.11. The minimum absolute atomic E-state index is 0.0953. The maximum atomic E-state index is 13.4. The van der Waals surface area contributed by atoms with E-state index in [4.69, 9.17) is 28.4 Å². The molecule has 2 aliphatic carbocycles. The van der Waals surface area contributed by atoms with Crippen molar-refractivity contribution in [3.63, 3.8) is 0 Å². The van der Waals surface area contributed by atoms with Crippen molar-refractivity contribution < 1.29 is 33.2 Å². The summed E-state index contributed by atoms with van der Waals surface area (Å²) < 4.78 is 37.7. The summed E-state index contributed by atoms with van der Waals surface area (Å²) in [4.78, 5) is 15.2. The highest BCUT2D eigenvalue weighted by molar-refractivity contribution is 5.74. The van der Waals surface area contributed by atoms with Crippen molar-refractivity contribution >= 4 is 6.09 Å². The quantitative estimate of drug-likeness (QED) is 0.639. The molecule has 6 aliphatic rings. The van der Waals surface area contributed by atoms with E-state index in [0.717, 1.165) is 42.6 Å². The van der Waals surface area contributed by atoms with Crippen LogP contribution in [-0.2, 0) is 25.5 Å². The SMILES string of the molecule is COc1cc2c(c(OC)c1)[C@H](C)CC13O[C@@H]4C[C@]1(C[C@H]1OC5(CCCCC5)O[C@H]14)OC(=O)N3C2. The normalized spacial score (nSPS) is 41.3. The number of rotatable bonds is 2. The van der Waals surface area contributed by atoms with Gasteiger partial charge in [0.1, 0.15) is 17.6 Å². The van der Waals surface area contributed by atoms with Gasteiger partial charge in [0, 0.05) is 43.7 Å². The van der Waals surface area contributed by atoms with E-state index in [-0.39, 0.29) is 30.3 Å². The van der Waals surface area contributed by atoms with E-state index < -0.39 is 17.1 Å². The van der Waals surface area contributed by atoms with Crippen molar-refractivity contribution in [3.05, 3.63) is 23.3 Å². The van der Waals surface area contributed by atoms with Gasteiger partial charge in [-0.05, 0) is 30.4 Å². The molecule has 6 atom stereocenters. The Labute approximate surface area is 199 Å². The molecule has 1 unspecified atom stereocenters. The first-order valence-electron chi connectivity index (χ1n) is 12.7. The minimum Gasteiger partial charge on any atom is -0.497 e. The summed E-state index contributed by atoms with van der Waals surface area (Å²) in [6.45, 7) is 2.57. The summed E-state index contributed by atoms with van der Waals surface area (Å²) >= 11 is 0. The van der Waals surface area contributed by atoms with Crippen molar-refractivity contribution in [2.45, 2.75) is 106 Å². The topological polar surface area (TPSA) is 75.7 Å². The molecule has 4 heterocycles.